The van der Waals surface area contributed by atoms with E-state index in [1.807, 2.05) is 6.26 Å². The molecule has 3 N–H and O–H groups in total. The molecule has 0 aromatic carbocycles. The van der Waals surface area contributed by atoms with Gasteiger partial charge in [0.2, 0.25) is 0 Å². The molecule has 1 aromatic heterocycles. The Hall–Kier alpha value is -1.70. The van der Waals surface area contributed by atoms with Crippen LogP contribution in [0, 0.1) is 5.92 Å². The molecule has 0 fully saturated rings. The van der Waals surface area contributed by atoms with Crippen LogP contribution in [0.5, 0.6) is 0 Å². The predicted octanol–water partition coefficient (Wildman–Crippen LogP) is 0.930. The normalized spacial score (nSPS) is 19.0. The summed E-state index contributed by atoms with van der Waals surface area (Å²) in [7, 11) is 0. The largest absolute Gasteiger partial charge is 0.480 e. The van der Waals surface area contributed by atoms with Crippen molar-refractivity contribution < 1.29 is 14.7 Å². The van der Waals surface area contributed by atoms with E-state index < -0.39 is 12.0 Å². The van der Waals surface area contributed by atoms with E-state index in [0.29, 0.717) is 12.5 Å². The summed E-state index contributed by atoms with van der Waals surface area (Å²) in [5.74, 6) is 0.295. The lowest BCUT2D eigenvalue weighted by Crippen LogP contribution is -2.52. The molecule has 2 amide bonds. The predicted molar refractivity (Wildman–Crippen MR) is 80.2 cm³/mol. The zero-order chi connectivity index (χ0) is 15.4. The van der Waals surface area contributed by atoms with E-state index in [1.165, 1.54) is 11.2 Å². The molecule has 2 atom stereocenters. The first-order chi connectivity index (χ1) is 10.0. The number of carboxylic acid groups (broad SMARTS) is 1. The van der Waals surface area contributed by atoms with Gasteiger partial charge in [-0.3, -0.25) is 0 Å². The molecule has 1 aromatic rings. The van der Waals surface area contributed by atoms with Crippen molar-refractivity contribution in [3.8, 4) is 0 Å². The number of carbonyl (C=O) groups excluding carboxylic acids is 1. The number of nitrogens with one attached hydrogen (secondary N) is 2. The summed E-state index contributed by atoms with van der Waals surface area (Å²) >= 11 is 1.72. The minimum absolute atomic E-state index is 0.238. The third-order valence-electron chi connectivity index (χ3n) is 3.50. The van der Waals surface area contributed by atoms with Gasteiger partial charge >= 0.3 is 12.0 Å². The first-order valence-electron chi connectivity index (χ1n) is 6.80. The molecule has 116 valence electrons. The standard InChI is InChI=1S/C13H20N4O3S/c1-8(6-21-2)4-14-13(20)17-5-10-9(15-7-16-10)3-11(17)12(18)19/h7-8,11H,3-6H2,1-2H3,(H,14,20)(H,15,16)(H,18,19). The zero-order valence-electron chi connectivity index (χ0n) is 12.1. The summed E-state index contributed by atoms with van der Waals surface area (Å²) in [5.41, 5.74) is 1.53. The quantitative estimate of drug-likeness (QED) is 0.751. The summed E-state index contributed by atoms with van der Waals surface area (Å²) in [6.07, 6.45) is 3.79. The fourth-order valence-corrected chi connectivity index (χ4v) is 3.06. The number of amides is 2. The van der Waals surface area contributed by atoms with Crippen LogP contribution in [0.15, 0.2) is 6.33 Å². The summed E-state index contributed by atoms with van der Waals surface area (Å²) in [6.45, 7) is 2.84. The number of urea groups is 1. The molecule has 2 rings (SSSR count). The molecule has 1 aliphatic heterocycles. The van der Waals surface area contributed by atoms with Crippen LogP contribution >= 0.6 is 11.8 Å². The van der Waals surface area contributed by atoms with Gasteiger partial charge in [-0.15, -0.1) is 0 Å². The second-order valence-electron chi connectivity index (χ2n) is 5.26. The van der Waals surface area contributed by atoms with Gasteiger partial charge in [-0.1, -0.05) is 6.92 Å². The maximum atomic E-state index is 12.3. The van der Waals surface area contributed by atoms with Crippen molar-refractivity contribution in [2.24, 2.45) is 5.92 Å². The second-order valence-corrected chi connectivity index (χ2v) is 6.17. The van der Waals surface area contributed by atoms with Gasteiger partial charge < -0.3 is 20.3 Å². The molecule has 0 radical (unpaired) electrons. The van der Waals surface area contributed by atoms with Gasteiger partial charge in [0.05, 0.1) is 24.3 Å². The number of rotatable bonds is 5. The SMILES string of the molecule is CSCC(C)CNC(=O)N1Cc2[nH]cnc2CC1C(=O)O. The van der Waals surface area contributed by atoms with Crippen molar-refractivity contribution in [2.75, 3.05) is 18.6 Å². The second kappa shape index (κ2) is 6.84. The highest BCUT2D eigenvalue weighted by Crippen LogP contribution is 2.20. The highest BCUT2D eigenvalue weighted by molar-refractivity contribution is 7.98. The van der Waals surface area contributed by atoms with Crippen molar-refractivity contribution in [1.29, 1.82) is 0 Å². The number of hydrogen-bond acceptors (Lipinski definition) is 4. The van der Waals surface area contributed by atoms with E-state index in [4.69, 9.17) is 0 Å². The minimum Gasteiger partial charge on any atom is -0.480 e. The fraction of sp³-hybridized carbons (Fsp3) is 0.615. The third kappa shape index (κ3) is 3.69. The average molecular weight is 312 g/mol. The van der Waals surface area contributed by atoms with Crippen molar-refractivity contribution in [3.05, 3.63) is 17.7 Å². The number of nitrogens with zero attached hydrogens (tertiary/aromatic N) is 2. The number of thioether (sulfide) groups is 1. The Kier molecular flexibility index (Phi) is 5.11. The maximum Gasteiger partial charge on any atom is 0.326 e. The maximum absolute atomic E-state index is 12.3. The number of aliphatic carboxylic acids is 1. The number of hydrogen-bond donors (Lipinski definition) is 3. The van der Waals surface area contributed by atoms with E-state index in [2.05, 4.69) is 22.2 Å². The molecule has 0 bridgehead atoms. The lowest BCUT2D eigenvalue weighted by atomic mass is 10.0. The Balaban J connectivity index is 2.02. The van der Waals surface area contributed by atoms with Crippen LogP contribution in [0.25, 0.3) is 0 Å². The van der Waals surface area contributed by atoms with Gasteiger partial charge in [0, 0.05) is 13.0 Å². The Morgan fingerprint density at radius 3 is 3.10 bits per heavy atom. The highest BCUT2D eigenvalue weighted by Gasteiger charge is 2.35. The topological polar surface area (TPSA) is 98.3 Å². The number of aromatic amines is 1. The Labute approximate surface area is 127 Å². The molecular weight excluding hydrogens is 292 g/mol. The minimum atomic E-state index is -1.00. The molecular formula is C13H20N4O3S. The van der Waals surface area contributed by atoms with Crippen LogP contribution in [0.3, 0.4) is 0 Å². The molecule has 0 saturated heterocycles. The van der Waals surface area contributed by atoms with Gasteiger partial charge in [0.15, 0.2) is 0 Å². The number of H-pyrrole nitrogens is 1. The average Bonchev–Trinajstić information content (AvgIpc) is 2.90. The Morgan fingerprint density at radius 2 is 2.43 bits per heavy atom. The summed E-state index contributed by atoms with van der Waals surface area (Å²) in [5, 5.41) is 12.1. The van der Waals surface area contributed by atoms with E-state index >= 15 is 0 Å². The summed E-state index contributed by atoms with van der Waals surface area (Å²) in [6, 6.07) is -1.20. The van der Waals surface area contributed by atoms with Gasteiger partial charge in [-0.05, 0) is 17.9 Å². The fourth-order valence-electron chi connectivity index (χ4n) is 2.38. The smallest absolute Gasteiger partial charge is 0.326 e. The molecule has 1 aliphatic rings. The van der Waals surface area contributed by atoms with Crippen LogP contribution in [0.4, 0.5) is 4.79 Å². The molecule has 0 saturated carbocycles. The number of carbonyl (C=O) groups is 2. The molecule has 2 heterocycles. The lowest BCUT2D eigenvalue weighted by Gasteiger charge is -2.32. The number of fused-ring (bicyclic) bond motifs is 1. The molecule has 8 heteroatoms. The number of carboxylic acids is 1. The summed E-state index contributed by atoms with van der Waals surface area (Å²) < 4.78 is 0. The third-order valence-corrected chi connectivity index (χ3v) is 4.40. The van der Waals surface area contributed by atoms with Crippen LogP contribution in [-0.2, 0) is 17.8 Å². The van der Waals surface area contributed by atoms with Gasteiger partial charge in [-0.25, -0.2) is 14.6 Å². The van der Waals surface area contributed by atoms with Crippen molar-refractivity contribution in [3.63, 3.8) is 0 Å². The van der Waals surface area contributed by atoms with Gasteiger partial charge in [0.1, 0.15) is 6.04 Å². The molecule has 0 spiro atoms. The molecule has 2 unspecified atom stereocenters. The lowest BCUT2D eigenvalue weighted by molar-refractivity contribution is -0.142. The van der Waals surface area contributed by atoms with Gasteiger partial charge in [0.25, 0.3) is 0 Å². The monoisotopic (exact) mass is 312 g/mol. The molecule has 7 nitrogen and oxygen atoms in total. The number of aromatic nitrogens is 2. The van der Waals surface area contributed by atoms with Crippen LogP contribution < -0.4 is 5.32 Å². The summed E-state index contributed by atoms with van der Waals surface area (Å²) in [4.78, 5) is 32.1. The zero-order valence-corrected chi connectivity index (χ0v) is 12.9. The first-order valence-corrected chi connectivity index (χ1v) is 8.19. The Bertz CT molecular complexity index is 519. The molecule has 0 aliphatic carbocycles. The van der Waals surface area contributed by atoms with E-state index in [9.17, 15) is 14.7 Å². The first kappa shape index (κ1) is 15.7. The van der Waals surface area contributed by atoms with E-state index in [0.717, 1.165) is 17.1 Å². The number of imidazole rings is 1. The van der Waals surface area contributed by atoms with E-state index in [1.54, 1.807) is 11.8 Å². The van der Waals surface area contributed by atoms with Crippen molar-refractivity contribution >= 4 is 23.8 Å². The van der Waals surface area contributed by atoms with Gasteiger partial charge in [-0.2, -0.15) is 11.8 Å². The van der Waals surface area contributed by atoms with Crippen molar-refractivity contribution in [1.82, 2.24) is 20.2 Å². The van der Waals surface area contributed by atoms with Crippen LogP contribution in [0.2, 0.25) is 0 Å². The molecule has 21 heavy (non-hydrogen) atoms. The van der Waals surface area contributed by atoms with Crippen molar-refractivity contribution in [2.45, 2.75) is 25.9 Å². The van der Waals surface area contributed by atoms with Crippen LogP contribution in [0.1, 0.15) is 18.3 Å². The van der Waals surface area contributed by atoms with E-state index in [-0.39, 0.29) is 19.0 Å². The van der Waals surface area contributed by atoms with Crippen LogP contribution in [-0.4, -0.2) is 56.6 Å². The highest BCUT2D eigenvalue weighted by atomic mass is 32.2. The Morgan fingerprint density at radius 1 is 1.67 bits per heavy atom.